The van der Waals surface area contributed by atoms with Gasteiger partial charge in [0.15, 0.2) is 0 Å². The Kier molecular flexibility index (Phi) is 5.75. The molecule has 3 rings (SSSR count). The van der Waals surface area contributed by atoms with Gasteiger partial charge in [-0.25, -0.2) is 4.79 Å². The van der Waals surface area contributed by atoms with Crippen molar-refractivity contribution in [2.24, 2.45) is 0 Å². The highest BCUT2D eigenvalue weighted by Crippen LogP contribution is 2.36. The monoisotopic (exact) mass is 382 g/mol. The lowest BCUT2D eigenvalue weighted by atomic mass is 9.93. The maximum Gasteiger partial charge on any atom is 0.330 e. The van der Waals surface area contributed by atoms with Crippen LogP contribution in [0.5, 0.6) is 0 Å². The molecule has 1 aliphatic rings. The van der Waals surface area contributed by atoms with Crippen molar-refractivity contribution in [3.8, 4) is 0 Å². The molecular formula is C21H22N2O5. The third-order valence-electron chi connectivity index (χ3n) is 4.81. The van der Waals surface area contributed by atoms with Crippen molar-refractivity contribution in [3.63, 3.8) is 0 Å². The first kappa shape index (κ1) is 19.6. The summed E-state index contributed by atoms with van der Waals surface area (Å²) in [6, 6.07) is 14.8. The standard InChI is InChI=1S/C21H22N2O5/c1-21(17-6-4-3-5-7-17)15-22(12-13-28-21)18-10-8-16(9-11-20(24)27-2)14-19(18)23(25)26/h3-11,14H,12-13,15H2,1-2H3/b11-9+. The Morgan fingerprint density at radius 2 is 2.04 bits per heavy atom. The number of nitrogens with zero attached hydrogens (tertiary/aromatic N) is 2. The van der Waals surface area contributed by atoms with E-state index in [-0.39, 0.29) is 5.69 Å². The molecule has 1 aliphatic heterocycles. The second-order valence-corrected chi connectivity index (χ2v) is 6.73. The van der Waals surface area contributed by atoms with Crippen molar-refractivity contribution in [1.29, 1.82) is 0 Å². The quantitative estimate of drug-likeness (QED) is 0.341. The first-order valence-corrected chi connectivity index (χ1v) is 8.92. The Balaban J connectivity index is 1.91. The van der Waals surface area contributed by atoms with Gasteiger partial charge >= 0.3 is 5.97 Å². The maximum absolute atomic E-state index is 11.7. The van der Waals surface area contributed by atoms with Crippen LogP contribution < -0.4 is 4.90 Å². The molecule has 2 aromatic carbocycles. The van der Waals surface area contributed by atoms with Crippen LogP contribution in [0.2, 0.25) is 0 Å². The lowest BCUT2D eigenvalue weighted by molar-refractivity contribution is -0.384. The normalized spacial score (nSPS) is 19.6. The van der Waals surface area contributed by atoms with Crippen molar-refractivity contribution in [2.75, 3.05) is 31.7 Å². The van der Waals surface area contributed by atoms with E-state index in [0.29, 0.717) is 30.9 Å². The number of nitro groups is 1. The number of benzene rings is 2. The summed E-state index contributed by atoms with van der Waals surface area (Å²) < 4.78 is 10.6. The van der Waals surface area contributed by atoms with Crippen molar-refractivity contribution < 1.29 is 19.2 Å². The maximum atomic E-state index is 11.7. The molecule has 0 bridgehead atoms. The second kappa shape index (κ2) is 8.22. The van der Waals surface area contributed by atoms with Gasteiger partial charge in [0.2, 0.25) is 0 Å². The summed E-state index contributed by atoms with van der Waals surface area (Å²) in [6.45, 7) is 3.51. The fraction of sp³-hybridized carbons (Fsp3) is 0.286. The number of nitro benzene ring substituents is 1. The van der Waals surface area contributed by atoms with Gasteiger partial charge in [0.05, 0.1) is 25.2 Å². The molecule has 1 atom stereocenters. The van der Waals surface area contributed by atoms with Crippen molar-refractivity contribution in [1.82, 2.24) is 0 Å². The predicted molar refractivity (Wildman–Crippen MR) is 106 cm³/mol. The molecule has 0 saturated carbocycles. The molecule has 0 amide bonds. The SMILES string of the molecule is COC(=O)/C=C/c1ccc(N2CCOC(C)(c3ccccc3)C2)c([N+](=O)[O-])c1. The summed E-state index contributed by atoms with van der Waals surface area (Å²) in [5.41, 5.74) is 1.55. The van der Waals surface area contributed by atoms with Crippen LogP contribution in [-0.4, -0.2) is 37.7 Å². The summed E-state index contributed by atoms with van der Waals surface area (Å²) in [5.74, 6) is -0.515. The van der Waals surface area contributed by atoms with E-state index in [9.17, 15) is 14.9 Å². The third kappa shape index (κ3) is 4.20. The predicted octanol–water partition coefficient (Wildman–Crippen LogP) is 3.53. The smallest absolute Gasteiger partial charge is 0.330 e. The Labute approximate surface area is 163 Å². The third-order valence-corrected chi connectivity index (χ3v) is 4.81. The first-order valence-electron chi connectivity index (χ1n) is 8.92. The number of anilines is 1. The Morgan fingerprint density at radius 3 is 2.71 bits per heavy atom. The van der Waals surface area contributed by atoms with Crippen LogP contribution in [0, 0.1) is 10.1 Å². The van der Waals surface area contributed by atoms with Crippen molar-refractivity contribution in [2.45, 2.75) is 12.5 Å². The van der Waals surface area contributed by atoms with Crippen LogP contribution in [0.4, 0.5) is 11.4 Å². The van der Waals surface area contributed by atoms with Gasteiger partial charge in [0, 0.05) is 18.7 Å². The highest BCUT2D eigenvalue weighted by atomic mass is 16.6. The molecule has 7 heteroatoms. The number of carbonyl (C=O) groups is 1. The number of carbonyl (C=O) groups excluding carboxylic acids is 1. The zero-order valence-electron chi connectivity index (χ0n) is 15.8. The second-order valence-electron chi connectivity index (χ2n) is 6.73. The first-order chi connectivity index (χ1) is 13.4. The van der Waals surface area contributed by atoms with E-state index in [1.807, 2.05) is 42.2 Å². The van der Waals surface area contributed by atoms with E-state index in [4.69, 9.17) is 4.74 Å². The van der Waals surface area contributed by atoms with Gasteiger partial charge < -0.3 is 14.4 Å². The number of ether oxygens (including phenoxy) is 2. The van der Waals surface area contributed by atoms with Crippen molar-refractivity contribution in [3.05, 3.63) is 75.8 Å². The minimum atomic E-state index is -0.559. The Hall–Kier alpha value is -3.19. The van der Waals surface area contributed by atoms with Crippen molar-refractivity contribution >= 4 is 23.4 Å². The fourth-order valence-corrected chi connectivity index (χ4v) is 3.33. The molecule has 0 aliphatic carbocycles. The molecule has 146 valence electrons. The van der Waals surface area contributed by atoms with E-state index in [0.717, 1.165) is 5.56 Å². The molecule has 2 aromatic rings. The molecule has 0 N–H and O–H groups in total. The summed E-state index contributed by atoms with van der Waals surface area (Å²) in [5, 5.41) is 11.7. The van der Waals surface area contributed by atoms with Crippen LogP contribution in [-0.2, 0) is 19.9 Å². The molecule has 1 heterocycles. The van der Waals surface area contributed by atoms with Gasteiger partial charge in [-0.15, -0.1) is 0 Å². The van der Waals surface area contributed by atoms with Gasteiger partial charge in [-0.2, -0.15) is 0 Å². The summed E-state index contributed by atoms with van der Waals surface area (Å²) in [7, 11) is 1.28. The van der Waals surface area contributed by atoms with E-state index >= 15 is 0 Å². The molecule has 0 radical (unpaired) electrons. The highest BCUT2D eigenvalue weighted by Gasteiger charge is 2.35. The van der Waals surface area contributed by atoms with Crippen LogP contribution >= 0.6 is 0 Å². The summed E-state index contributed by atoms with van der Waals surface area (Å²) in [4.78, 5) is 24.5. The van der Waals surface area contributed by atoms with E-state index < -0.39 is 16.5 Å². The van der Waals surface area contributed by atoms with Gasteiger partial charge in [0.1, 0.15) is 11.3 Å². The molecule has 1 fully saturated rings. The van der Waals surface area contributed by atoms with Gasteiger partial charge in [-0.3, -0.25) is 10.1 Å². The summed E-state index contributed by atoms with van der Waals surface area (Å²) in [6.07, 6.45) is 2.73. The molecular weight excluding hydrogens is 360 g/mol. The molecule has 7 nitrogen and oxygen atoms in total. The molecule has 0 aromatic heterocycles. The molecule has 1 unspecified atom stereocenters. The van der Waals surface area contributed by atoms with Gasteiger partial charge in [-0.1, -0.05) is 36.4 Å². The van der Waals surface area contributed by atoms with E-state index in [2.05, 4.69) is 4.74 Å². The molecule has 0 spiro atoms. The molecule has 28 heavy (non-hydrogen) atoms. The average Bonchev–Trinajstić information content (AvgIpc) is 2.72. The lowest BCUT2D eigenvalue weighted by Crippen LogP contribution is -2.48. The Bertz CT molecular complexity index is 897. The zero-order valence-corrected chi connectivity index (χ0v) is 15.8. The minimum absolute atomic E-state index is 0.00988. The lowest BCUT2D eigenvalue weighted by Gasteiger charge is -2.41. The number of hydrogen-bond donors (Lipinski definition) is 0. The summed E-state index contributed by atoms with van der Waals surface area (Å²) >= 11 is 0. The number of hydrogen-bond acceptors (Lipinski definition) is 6. The van der Waals surface area contributed by atoms with E-state index in [1.54, 1.807) is 12.1 Å². The molecule has 1 saturated heterocycles. The minimum Gasteiger partial charge on any atom is -0.466 e. The van der Waals surface area contributed by atoms with Gasteiger partial charge in [-0.05, 0) is 30.2 Å². The number of methoxy groups -OCH3 is 1. The van der Waals surface area contributed by atoms with Gasteiger partial charge in [0.25, 0.3) is 5.69 Å². The Morgan fingerprint density at radius 1 is 1.29 bits per heavy atom. The highest BCUT2D eigenvalue weighted by molar-refractivity contribution is 5.87. The average molecular weight is 382 g/mol. The number of rotatable bonds is 5. The van der Waals surface area contributed by atoms with Crippen LogP contribution in [0.15, 0.2) is 54.6 Å². The van der Waals surface area contributed by atoms with Crippen LogP contribution in [0.25, 0.3) is 6.08 Å². The number of morpholine rings is 1. The zero-order chi connectivity index (χ0) is 20.1. The largest absolute Gasteiger partial charge is 0.466 e. The topological polar surface area (TPSA) is 81.9 Å². The van der Waals surface area contributed by atoms with Crippen LogP contribution in [0.1, 0.15) is 18.1 Å². The fourth-order valence-electron chi connectivity index (χ4n) is 3.33. The van der Waals surface area contributed by atoms with E-state index in [1.165, 1.54) is 25.3 Å². The van der Waals surface area contributed by atoms with Crippen LogP contribution in [0.3, 0.4) is 0 Å². The number of esters is 1.